The fourth-order valence-electron chi connectivity index (χ4n) is 2.62. The van der Waals surface area contributed by atoms with Crippen LogP contribution >= 0.6 is 23.4 Å². The van der Waals surface area contributed by atoms with Crippen molar-refractivity contribution in [1.29, 1.82) is 0 Å². The van der Waals surface area contributed by atoms with Gasteiger partial charge in [0.1, 0.15) is 5.76 Å². The standard InChI is InChI=1S/C21H21ClN2O2S/c1-14-7-3-5-9-17(14)21-24-19(15(2)26-21)12-27-13-20(25)23-11-16-8-4-6-10-18(16)22/h3-10H,11-13H2,1-2H3,(H,23,25). The Morgan fingerprint density at radius 2 is 1.89 bits per heavy atom. The zero-order valence-electron chi connectivity index (χ0n) is 15.3. The van der Waals surface area contributed by atoms with Crippen LogP contribution in [-0.4, -0.2) is 16.6 Å². The molecule has 1 aromatic heterocycles. The summed E-state index contributed by atoms with van der Waals surface area (Å²) in [4.78, 5) is 16.7. The molecule has 1 heterocycles. The molecule has 0 saturated carbocycles. The summed E-state index contributed by atoms with van der Waals surface area (Å²) in [6.45, 7) is 4.37. The minimum Gasteiger partial charge on any atom is -0.441 e. The summed E-state index contributed by atoms with van der Waals surface area (Å²) in [6.07, 6.45) is 0. The van der Waals surface area contributed by atoms with Gasteiger partial charge in [0.25, 0.3) is 0 Å². The number of oxazole rings is 1. The van der Waals surface area contributed by atoms with Crippen LogP contribution in [-0.2, 0) is 17.1 Å². The molecule has 1 N–H and O–H groups in total. The first kappa shape index (κ1) is 19.5. The maximum atomic E-state index is 12.1. The van der Waals surface area contributed by atoms with Crippen LogP contribution in [0.3, 0.4) is 0 Å². The number of aromatic nitrogens is 1. The Morgan fingerprint density at radius 3 is 2.67 bits per heavy atom. The summed E-state index contributed by atoms with van der Waals surface area (Å²) < 4.78 is 5.82. The second-order valence-electron chi connectivity index (χ2n) is 6.20. The first-order chi connectivity index (χ1) is 13.0. The lowest BCUT2D eigenvalue weighted by Gasteiger charge is -2.06. The van der Waals surface area contributed by atoms with Crippen molar-refractivity contribution < 1.29 is 9.21 Å². The number of hydrogen-bond donors (Lipinski definition) is 1. The van der Waals surface area contributed by atoms with Gasteiger partial charge in [-0.2, -0.15) is 0 Å². The maximum absolute atomic E-state index is 12.1. The van der Waals surface area contributed by atoms with Crippen LogP contribution in [0.4, 0.5) is 0 Å². The minimum absolute atomic E-state index is 0.0276. The smallest absolute Gasteiger partial charge is 0.230 e. The average Bonchev–Trinajstić information content (AvgIpc) is 3.02. The van der Waals surface area contributed by atoms with Crippen molar-refractivity contribution in [1.82, 2.24) is 10.3 Å². The number of nitrogens with zero attached hydrogens (tertiary/aromatic N) is 1. The van der Waals surface area contributed by atoms with Crippen LogP contribution in [0.25, 0.3) is 11.5 Å². The molecule has 0 aliphatic carbocycles. The zero-order valence-corrected chi connectivity index (χ0v) is 16.9. The number of carbonyl (C=O) groups excluding carboxylic acids is 1. The molecule has 27 heavy (non-hydrogen) atoms. The third-order valence-electron chi connectivity index (χ3n) is 4.17. The van der Waals surface area contributed by atoms with Crippen molar-refractivity contribution in [2.75, 3.05) is 5.75 Å². The quantitative estimate of drug-likeness (QED) is 0.595. The molecule has 0 saturated heterocycles. The van der Waals surface area contributed by atoms with Crippen molar-refractivity contribution in [2.45, 2.75) is 26.1 Å². The van der Waals surface area contributed by atoms with Crippen LogP contribution in [0.1, 0.15) is 22.6 Å². The van der Waals surface area contributed by atoms with E-state index in [9.17, 15) is 4.79 Å². The van der Waals surface area contributed by atoms with Crippen LogP contribution < -0.4 is 5.32 Å². The predicted molar refractivity (Wildman–Crippen MR) is 111 cm³/mol. The zero-order chi connectivity index (χ0) is 19.2. The first-order valence-corrected chi connectivity index (χ1v) is 10.2. The highest BCUT2D eigenvalue weighted by molar-refractivity contribution is 7.99. The molecular formula is C21H21ClN2O2S. The van der Waals surface area contributed by atoms with E-state index in [-0.39, 0.29) is 5.91 Å². The van der Waals surface area contributed by atoms with E-state index in [1.807, 2.05) is 62.4 Å². The summed E-state index contributed by atoms with van der Waals surface area (Å²) in [6, 6.07) is 15.5. The van der Waals surface area contributed by atoms with Gasteiger partial charge in [-0.25, -0.2) is 4.98 Å². The van der Waals surface area contributed by atoms with Crippen molar-refractivity contribution >= 4 is 29.3 Å². The molecule has 4 nitrogen and oxygen atoms in total. The molecular weight excluding hydrogens is 380 g/mol. The van der Waals surface area contributed by atoms with Crippen LogP contribution in [0.15, 0.2) is 52.9 Å². The van der Waals surface area contributed by atoms with Gasteiger partial charge >= 0.3 is 0 Å². The summed E-state index contributed by atoms with van der Waals surface area (Å²) in [7, 11) is 0. The summed E-state index contributed by atoms with van der Waals surface area (Å²) >= 11 is 7.61. The Kier molecular flexibility index (Phi) is 6.58. The lowest BCUT2D eigenvalue weighted by molar-refractivity contribution is -0.118. The molecule has 2 aromatic carbocycles. The van der Waals surface area contributed by atoms with Crippen molar-refractivity contribution in [3.63, 3.8) is 0 Å². The molecule has 0 spiro atoms. The highest BCUT2D eigenvalue weighted by Crippen LogP contribution is 2.26. The average molecular weight is 401 g/mol. The number of aryl methyl sites for hydroxylation is 2. The number of carbonyl (C=O) groups is 1. The van der Waals surface area contributed by atoms with Crippen LogP contribution in [0.5, 0.6) is 0 Å². The van der Waals surface area contributed by atoms with Crippen LogP contribution in [0, 0.1) is 13.8 Å². The van der Waals surface area contributed by atoms with E-state index >= 15 is 0 Å². The van der Waals surface area contributed by atoms with E-state index in [1.54, 1.807) is 0 Å². The van der Waals surface area contributed by atoms with Crippen LogP contribution in [0.2, 0.25) is 5.02 Å². The van der Waals surface area contributed by atoms with Gasteiger partial charge in [0.05, 0.1) is 11.4 Å². The summed E-state index contributed by atoms with van der Waals surface area (Å²) in [5.74, 6) is 2.37. The highest BCUT2D eigenvalue weighted by atomic mass is 35.5. The number of benzene rings is 2. The molecule has 3 aromatic rings. The lowest BCUT2D eigenvalue weighted by atomic mass is 10.1. The van der Waals surface area contributed by atoms with E-state index in [2.05, 4.69) is 10.3 Å². The van der Waals surface area contributed by atoms with Gasteiger partial charge in [0.2, 0.25) is 11.8 Å². The SMILES string of the molecule is Cc1ccccc1-c1nc(CSCC(=O)NCc2ccccc2Cl)c(C)o1. The third kappa shape index (κ3) is 5.15. The molecule has 0 aliphatic rings. The Hall–Kier alpha value is -2.24. The molecule has 0 bridgehead atoms. The molecule has 0 fully saturated rings. The van der Waals surface area contributed by atoms with Gasteiger partial charge in [-0.1, -0.05) is 48.0 Å². The molecule has 0 unspecified atom stereocenters. The number of amides is 1. The highest BCUT2D eigenvalue weighted by Gasteiger charge is 2.13. The van der Waals surface area contributed by atoms with Gasteiger partial charge in [-0.3, -0.25) is 4.79 Å². The normalized spacial score (nSPS) is 10.8. The minimum atomic E-state index is -0.0276. The van der Waals surface area contributed by atoms with E-state index < -0.39 is 0 Å². The second kappa shape index (κ2) is 9.11. The number of rotatable bonds is 7. The fraction of sp³-hybridized carbons (Fsp3) is 0.238. The first-order valence-electron chi connectivity index (χ1n) is 8.64. The molecule has 6 heteroatoms. The lowest BCUT2D eigenvalue weighted by Crippen LogP contribution is -2.24. The monoisotopic (exact) mass is 400 g/mol. The fourth-order valence-corrected chi connectivity index (χ4v) is 3.67. The van der Waals surface area contributed by atoms with E-state index in [0.29, 0.717) is 29.0 Å². The number of hydrogen-bond acceptors (Lipinski definition) is 4. The Labute approximate surface area is 168 Å². The molecule has 0 atom stereocenters. The van der Waals surface area contributed by atoms with Gasteiger partial charge < -0.3 is 9.73 Å². The van der Waals surface area contributed by atoms with Gasteiger partial charge in [0, 0.05) is 22.9 Å². The van der Waals surface area contributed by atoms with E-state index in [1.165, 1.54) is 11.8 Å². The number of thioether (sulfide) groups is 1. The van der Waals surface area contributed by atoms with Gasteiger partial charge in [-0.05, 0) is 37.1 Å². The summed E-state index contributed by atoms with van der Waals surface area (Å²) in [5, 5.41) is 3.55. The molecule has 3 rings (SSSR count). The number of halogens is 1. The predicted octanol–water partition coefficient (Wildman–Crippen LogP) is 5.16. The molecule has 140 valence electrons. The van der Waals surface area contributed by atoms with Gasteiger partial charge in [0.15, 0.2) is 0 Å². The van der Waals surface area contributed by atoms with E-state index in [0.717, 1.165) is 28.1 Å². The van der Waals surface area contributed by atoms with Crippen molar-refractivity contribution in [3.8, 4) is 11.5 Å². The Bertz CT molecular complexity index is 939. The molecule has 0 aliphatic heterocycles. The Balaban J connectivity index is 1.51. The third-order valence-corrected chi connectivity index (χ3v) is 5.49. The van der Waals surface area contributed by atoms with E-state index in [4.69, 9.17) is 16.0 Å². The van der Waals surface area contributed by atoms with Crippen molar-refractivity contribution in [2.24, 2.45) is 0 Å². The molecule has 1 amide bonds. The number of nitrogens with one attached hydrogen (secondary N) is 1. The topological polar surface area (TPSA) is 55.1 Å². The van der Waals surface area contributed by atoms with Gasteiger partial charge in [-0.15, -0.1) is 11.8 Å². The maximum Gasteiger partial charge on any atom is 0.230 e. The Morgan fingerprint density at radius 1 is 1.15 bits per heavy atom. The molecule has 0 radical (unpaired) electrons. The van der Waals surface area contributed by atoms with Crippen molar-refractivity contribution in [3.05, 3.63) is 76.1 Å². The largest absolute Gasteiger partial charge is 0.441 e. The summed E-state index contributed by atoms with van der Waals surface area (Å²) in [5.41, 5.74) is 3.90. The second-order valence-corrected chi connectivity index (χ2v) is 7.59.